The number of halogens is 1. The Morgan fingerprint density at radius 3 is 2.92 bits per heavy atom. The summed E-state index contributed by atoms with van der Waals surface area (Å²) < 4.78 is 1.07. The number of hydrogen-bond acceptors (Lipinski definition) is 5. The number of nitrogens with zero attached hydrogens (tertiary/aromatic N) is 3. The minimum Gasteiger partial charge on any atom is -0.338 e. The Balaban J connectivity index is 1.47. The summed E-state index contributed by atoms with van der Waals surface area (Å²) in [6.45, 7) is 0. The second kappa shape index (κ2) is 6.96. The van der Waals surface area contributed by atoms with Crippen LogP contribution in [0.3, 0.4) is 0 Å². The molecule has 2 heterocycles. The van der Waals surface area contributed by atoms with E-state index in [-0.39, 0.29) is 11.7 Å². The van der Waals surface area contributed by atoms with Gasteiger partial charge in [0.2, 0.25) is 11.1 Å². The lowest BCUT2D eigenvalue weighted by molar-refractivity contribution is -0.113. The van der Waals surface area contributed by atoms with Crippen LogP contribution < -0.4 is 5.32 Å². The first-order valence-electron chi connectivity index (χ1n) is 7.48. The molecule has 2 N–H and O–H groups in total. The third-order valence-corrected chi connectivity index (χ3v) is 5.05. The van der Waals surface area contributed by atoms with Gasteiger partial charge in [0.1, 0.15) is 5.52 Å². The van der Waals surface area contributed by atoms with Gasteiger partial charge in [-0.2, -0.15) is 0 Å². The van der Waals surface area contributed by atoms with E-state index in [4.69, 9.17) is 0 Å². The highest BCUT2D eigenvalue weighted by Crippen LogP contribution is 2.23. The van der Waals surface area contributed by atoms with Crippen LogP contribution >= 0.6 is 34.4 Å². The predicted octanol–water partition coefficient (Wildman–Crippen LogP) is 3.84. The number of para-hydroxylation sites is 1. The van der Waals surface area contributed by atoms with Gasteiger partial charge in [0.05, 0.1) is 5.75 Å². The molecule has 4 aromatic rings. The lowest BCUT2D eigenvalue weighted by atomic mass is 10.2. The van der Waals surface area contributed by atoms with E-state index < -0.39 is 0 Å². The van der Waals surface area contributed by atoms with Gasteiger partial charge in [0.15, 0.2) is 5.65 Å². The lowest BCUT2D eigenvalue weighted by Gasteiger charge is -2.04. The Morgan fingerprint density at radius 1 is 1.16 bits per heavy atom. The van der Waals surface area contributed by atoms with E-state index in [1.807, 2.05) is 48.5 Å². The Labute approximate surface area is 161 Å². The van der Waals surface area contributed by atoms with E-state index in [1.165, 1.54) is 11.8 Å². The molecule has 0 radical (unpaired) electrons. The molecule has 0 fully saturated rings. The summed E-state index contributed by atoms with van der Waals surface area (Å²) in [6.07, 6.45) is 0. The van der Waals surface area contributed by atoms with Crippen molar-refractivity contribution in [3.8, 4) is 0 Å². The Morgan fingerprint density at radius 2 is 2.04 bits per heavy atom. The van der Waals surface area contributed by atoms with Crippen LogP contribution in [0.2, 0.25) is 0 Å². The van der Waals surface area contributed by atoms with Crippen LogP contribution in [-0.4, -0.2) is 31.8 Å². The molecule has 6 nitrogen and oxygen atoms in total. The number of benzene rings is 2. The zero-order valence-electron chi connectivity index (χ0n) is 12.9. The fourth-order valence-electron chi connectivity index (χ4n) is 2.46. The van der Waals surface area contributed by atoms with Crippen molar-refractivity contribution >= 4 is 68.0 Å². The average molecular weight is 461 g/mol. The summed E-state index contributed by atoms with van der Waals surface area (Å²) in [6, 6.07) is 15.5. The lowest BCUT2D eigenvalue weighted by Crippen LogP contribution is -2.14. The molecule has 8 heteroatoms. The number of amides is 1. The first-order valence-corrected chi connectivity index (χ1v) is 9.55. The van der Waals surface area contributed by atoms with Crippen LogP contribution in [0.15, 0.2) is 53.7 Å². The van der Waals surface area contributed by atoms with Crippen LogP contribution in [0.4, 0.5) is 5.69 Å². The molecule has 0 atom stereocenters. The summed E-state index contributed by atoms with van der Waals surface area (Å²) in [5, 5.41) is 12.7. The predicted molar refractivity (Wildman–Crippen MR) is 108 cm³/mol. The van der Waals surface area contributed by atoms with Gasteiger partial charge in [-0.1, -0.05) is 36.0 Å². The highest BCUT2D eigenvalue weighted by Gasteiger charge is 2.10. The van der Waals surface area contributed by atoms with Gasteiger partial charge in [-0.05, 0) is 46.9 Å². The number of hydrogen-bond donors (Lipinski definition) is 2. The van der Waals surface area contributed by atoms with Crippen molar-refractivity contribution in [3.05, 3.63) is 52.1 Å². The van der Waals surface area contributed by atoms with E-state index in [0.717, 1.165) is 25.7 Å². The molecule has 25 heavy (non-hydrogen) atoms. The topological polar surface area (TPSA) is 83.6 Å². The maximum absolute atomic E-state index is 12.1. The summed E-state index contributed by atoms with van der Waals surface area (Å²) in [4.78, 5) is 19.8. The monoisotopic (exact) mass is 461 g/mol. The van der Waals surface area contributed by atoms with E-state index in [9.17, 15) is 4.79 Å². The van der Waals surface area contributed by atoms with Crippen molar-refractivity contribution in [2.45, 2.75) is 5.16 Å². The molecule has 4 rings (SSSR count). The first-order chi connectivity index (χ1) is 12.2. The zero-order valence-corrected chi connectivity index (χ0v) is 15.8. The van der Waals surface area contributed by atoms with E-state index in [2.05, 4.69) is 48.1 Å². The fraction of sp³-hybridized carbons (Fsp3) is 0.0588. The number of fused-ring (bicyclic) bond motifs is 3. The number of thioether (sulfide) groups is 1. The van der Waals surface area contributed by atoms with Gasteiger partial charge >= 0.3 is 0 Å². The van der Waals surface area contributed by atoms with Crippen LogP contribution in [0, 0.1) is 3.57 Å². The number of H-pyrrole nitrogens is 1. The second-order valence-electron chi connectivity index (χ2n) is 5.31. The van der Waals surface area contributed by atoms with E-state index in [1.54, 1.807) is 0 Å². The quantitative estimate of drug-likeness (QED) is 0.357. The Kier molecular flexibility index (Phi) is 4.53. The normalized spacial score (nSPS) is 11.1. The van der Waals surface area contributed by atoms with Crippen molar-refractivity contribution < 1.29 is 4.79 Å². The molecular formula is C17H12IN5OS. The Bertz CT molecular complexity index is 1080. The van der Waals surface area contributed by atoms with Gasteiger partial charge in [-0.25, -0.2) is 4.98 Å². The molecule has 0 bridgehead atoms. The molecule has 0 spiro atoms. The van der Waals surface area contributed by atoms with Gasteiger partial charge in [-0.15, -0.1) is 10.2 Å². The van der Waals surface area contributed by atoms with Crippen LogP contribution in [0.5, 0.6) is 0 Å². The summed E-state index contributed by atoms with van der Waals surface area (Å²) in [5.41, 5.74) is 3.17. The minimum atomic E-state index is -0.104. The molecule has 0 aliphatic carbocycles. The van der Waals surface area contributed by atoms with Crippen LogP contribution in [0.25, 0.3) is 22.1 Å². The van der Waals surface area contributed by atoms with E-state index in [0.29, 0.717) is 10.8 Å². The summed E-state index contributed by atoms with van der Waals surface area (Å²) >= 11 is 3.47. The molecule has 0 saturated heterocycles. The molecule has 1 amide bonds. The highest BCUT2D eigenvalue weighted by atomic mass is 127. The molecule has 0 saturated carbocycles. The van der Waals surface area contributed by atoms with Crippen molar-refractivity contribution in [2.24, 2.45) is 0 Å². The maximum Gasteiger partial charge on any atom is 0.234 e. The second-order valence-corrected chi connectivity index (χ2v) is 7.50. The summed E-state index contributed by atoms with van der Waals surface area (Å²) in [7, 11) is 0. The zero-order chi connectivity index (χ0) is 17.2. The third kappa shape index (κ3) is 3.59. The number of rotatable bonds is 4. The van der Waals surface area contributed by atoms with E-state index >= 15 is 0 Å². The largest absolute Gasteiger partial charge is 0.338 e. The molecule has 2 aromatic carbocycles. The smallest absolute Gasteiger partial charge is 0.234 e. The number of aromatic amines is 1. The SMILES string of the molecule is O=C(CSc1nnc2c(n1)[nH]c1ccccc12)Nc1cccc(I)c1. The van der Waals surface area contributed by atoms with Crippen molar-refractivity contribution in [3.63, 3.8) is 0 Å². The number of aromatic nitrogens is 4. The number of nitrogens with one attached hydrogen (secondary N) is 2. The Hall–Kier alpha value is -2.20. The molecule has 124 valence electrons. The van der Waals surface area contributed by atoms with Gasteiger partial charge in [0, 0.05) is 20.2 Å². The molecule has 0 aliphatic rings. The number of carbonyl (C=O) groups excluding carboxylic acids is 1. The van der Waals surface area contributed by atoms with Crippen molar-refractivity contribution in [1.29, 1.82) is 0 Å². The van der Waals surface area contributed by atoms with Crippen molar-refractivity contribution in [2.75, 3.05) is 11.1 Å². The maximum atomic E-state index is 12.1. The first kappa shape index (κ1) is 16.3. The molecular weight excluding hydrogens is 449 g/mol. The fourth-order valence-corrected chi connectivity index (χ4v) is 3.59. The van der Waals surface area contributed by atoms with Gasteiger partial charge < -0.3 is 10.3 Å². The molecule has 0 aliphatic heterocycles. The molecule has 0 unspecified atom stereocenters. The number of anilines is 1. The van der Waals surface area contributed by atoms with Crippen LogP contribution in [-0.2, 0) is 4.79 Å². The number of carbonyl (C=O) groups is 1. The minimum absolute atomic E-state index is 0.104. The third-order valence-electron chi connectivity index (χ3n) is 3.54. The van der Waals surface area contributed by atoms with Crippen molar-refractivity contribution in [1.82, 2.24) is 20.2 Å². The van der Waals surface area contributed by atoms with Crippen LogP contribution in [0.1, 0.15) is 0 Å². The van der Waals surface area contributed by atoms with Gasteiger partial charge in [0.25, 0.3) is 0 Å². The summed E-state index contributed by atoms with van der Waals surface area (Å²) in [5.74, 6) is 0.117. The molecule has 2 aromatic heterocycles. The standard InChI is InChI=1S/C17H12IN5OS/c18-10-4-3-5-11(8-10)19-14(24)9-25-17-21-16-15(22-23-17)12-6-1-2-7-13(12)20-16/h1-8H,9H2,(H,19,24)(H,20,21,23). The highest BCUT2D eigenvalue weighted by molar-refractivity contribution is 14.1. The average Bonchev–Trinajstić information content (AvgIpc) is 2.98. The van der Waals surface area contributed by atoms with Gasteiger partial charge in [-0.3, -0.25) is 4.79 Å².